The number of carbonyl (C=O) groups is 1. The van der Waals surface area contributed by atoms with Crippen molar-refractivity contribution in [3.8, 4) is 0 Å². The van der Waals surface area contributed by atoms with Gasteiger partial charge in [0.2, 0.25) is 0 Å². The molecule has 0 N–H and O–H groups in total. The van der Waals surface area contributed by atoms with E-state index >= 15 is 0 Å². The van der Waals surface area contributed by atoms with Crippen LogP contribution in [0.3, 0.4) is 0 Å². The summed E-state index contributed by atoms with van der Waals surface area (Å²) in [4.78, 5) is 18.3. The first-order chi connectivity index (χ1) is 8.56. The predicted octanol–water partition coefficient (Wildman–Crippen LogP) is 3.21. The molecule has 1 aliphatic rings. The summed E-state index contributed by atoms with van der Waals surface area (Å²) in [5.74, 6) is 0.809. The average Bonchev–Trinajstić information content (AvgIpc) is 2.89. The van der Waals surface area contributed by atoms with Gasteiger partial charge in [-0.3, -0.25) is 9.69 Å². The molecule has 1 saturated heterocycles. The normalized spacial score (nSPS) is 20.8. The van der Waals surface area contributed by atoms with Crippen LogP contribution in [0.15, 0.2) is 5.38 Å². The van der Waals surface area contributed by atoms with Gasteiger partial charge in [0.05, 0.1) is 10.7 Å². The van der Waals surface area contributed by atoms with Crippen LogP contribution in [-0.2, 0) is 11.3 Å². The Kier molecular flexibility index (Phi) is 4.51. The molecule has 18 heavy (non-hydrogen) atoms. The molecule has 1 atom stereocenters. The van der Waals surface area contributed by atoms with Crippen molar-refractivity contribution in [3.05, 3.63) is 16.1 Å². The number of ketones is 1. The Labute approximate surface area is 113 Å². The van der Waals surface area contributed by atoms with Gasteiger partial charge in [0.15, 0.2) is 0 Å². The van der Waals surface area contributed by atoms with Crippen LogP contribution in [0, 0.1) is 0 Å². The highest BCUT2D eigenvalue weighted by Gasteiger charge is 2.26. The lowest BCUT2D eigenvalue weighted by atomic mass is 10.1. The predicted molar refractivity (Wildman–Crippen MR) is 74.9 cm³/mol. The van der Waals surface area contributed by atoms with E-state index in [1.165, 1.54) is 17.1 Å². The zero-order valence-electron chi connectivity index (χ0n) is 11.5. The average molecular weight is 266 g/mol. The van der Waals surface area contributed by atoms with Crippen LogP contribution in [0.1, 0.15) is 56.7 Å². The lowest BCUT2D eigenvalue weighted by molar-refractivity contribution is -0.118. The lowest BCUT2D eigenvalue weighted by Crippen LogP contribution is -2.30. The van der Waals surface area contributed by atoms with Crippen LogP contribution in [0.4, 0.5) is 0 Å². The minimum absolute atomic E-state index is 0.299. The van der Waals surface area contributed by atoms with Gasteiger partial charge in [-0.1, -0.05) is 13.8 Å². The molecular weight excluding hydrogens is 244 g/mol. The Morgan fingerprint density at radius 2 is 2.39 bits per heavy atom. The lowest BCUT2D eigenvalue weighted by Gasteiger charge is -2.22. The molecule has 0 amide bonds. The van der Waals surface area contributed by atoms with Crippen molar-refractivity contribution in [1.82, 2.24) is 9.88 Å². The number of Topliss-reactive ketones (excluding diaryl/α,β-unsaturated/α-hetero) is 1. The summed E-state index contributed by atoms with van der Waals surface area (Å²) in [5, 5.41) is 3.38. The van der Waals surface area contributed by atoms with E-state index in [1.54, 1.807) is 18.3 Å². The van der Waals surface area contributed by atoms with Crippen molar-refractivity contribution in [2.75, 3.05) is 6.54 Å². The minimum Gasteiger partial charge on any atom is -0.300 e. The fourth-order valence-electron chi connectivity index (χ4n) is 2.53. The summed E-state index contributed by atoms with van der Waals surface area (Å²) in [6.07, 6.45) is 3.06. The molecule has 1 aromatic rings. The Morgan fingerprint density at radius 1 is 1.61 bits per heavy atom. The maximum Gasteiger partial charge on any atom is 0.131 e. The van der Waals surface area contributed by atoms with Gasteiger partial charge in [0, 0.05) is 30.3 Å². The number of aromatic nitrogens is 1. The fourth-order valence-corrected chi connectivity index (χ4v) is 3.36. The fraction of sp³-hybridized carbons (Fsp3) is 0.714. The molecule has 1 aromatic heterocycles. The minimum atomic E-state index is 0.299. The molecule has 4 heteroatoms. The van der Waals surface area contributed by atoms with Gasteiger partial charge in [0.25, 0.3) is 0 Å². The van der Waals surface area contributed by atoms with E-state index in [4.69, 9.17) is 0 Å². The van der Waals surface area contributed by atoms with E-state index in [9.17, 15) is 4.79 Å². The zero-order chi connectivity index (χ0) is 13.1. The molecule has 2 heterocycles. The van der Waals surface area contributed by atoms with E-state index in [-0.39, 0.29) is 0 Å². The maximum atomic E-state index is 11.3. The molecule has 0 aliphatic carbocycles. The summed E-state index contributed by atoms with van der Waals surface area (Å²) in [7, 11) is 0. The summed E-state index contributed by atoms with van der Waals surface area (Å²) < 4.78 is 0. The highest BCUT2D eigenvalue weighted by Crippen LogP contribution is 2.25. The number of rotatable bonds is 5. The smallest absolute Gasteiger partial charge is 0.131 e. The Bertz CT molecular complexity index is 414. The standard InChI is InChI=1S/C14H22N2OS/c1-10(2)14-15-12(9-18-14)8-16-6-4-5-13(16)7-11(3)17/h9-10,13H,4-8H2,1-3H3. The van der Waals surface area contributed by atoms with Crippen LogP contribution in [-0.4, -0.2) is 28.3 Å². The van der Waals surface area contributed by atoms with E-state index < -0.39 is 0 Å². The van der Waals surface area contributed by atoms with Crippen molar-refractivity contribution in [1.29, 1.82) is 0 Å². The Morgan fingerprint density at radius 3 is 3.00 bits per heavy atom. The van der Waals surface area contributed by atoms with Crippen molar-refractivity contribution in [2.24, 2.45) is 0 Å². The van der Waals surface area contributed by atoms with Gasteiger partial charge in [-0.05, 0) is 26.3 Å². The largest absolute Gasteiger partial charge is 0.300 e. The summed E-state index contributed by atoms with van der Waals surface area (Å²) in [5.41, 5.74) is 1.17. The third kappa shape index (κ3) is 3.39. The number of hydrogen-bond acceptors (Lipinski definition) is 4. The van der Waals surface area contributed by atoms with Gasteiger partial charge in [-0.2, -0.15) is 0 Å². The Hall–Kier alpha value is -0.740. The molecule has 0 aromatic carbocycles. The second-order valence-corrected chi connectivity index (χ2v) is 6.39. The third-order valence-electron chi connectivity index (χ3n) is 3.45. The highest BCUT2D eigenvalue weighted by molar-refractivity contribution is 7.09. The molecule has 0 radical (unpaired) electrons. The number of nitrogens with zero attached hydrogens (tertiary/aromatic N) is 2. The molecule has 0 saturated carbocycles. The molecule has 3 nitrogen and oxygen atoms in total. The number of likely N-dealkylation sites (tertiary alicyclic amines) is 1. The van der Waals surface area contributed by atoms with Gasteiger partial charge in [0.1, 0.15) is 5.78 Å². The molecule has 1 fully saturated rings. The SMILES string of the molecule is CC(=O)CC1CCCN1Cc1csc(C(C)C)n1. The van der Waals surface area contributed by atoms with Crippen molar-refractivity contribution >= 4 is 17.1 Å². The number of thiazole rings is 1. The zero-order valence-corrected chi connectivity index (χ0v) is 12.3. The van der Waals surface area contributed by atoms with Gasteiger partial charge in [-0.25, -0.2) is 4.98 Å². The van der Waals surface area contributed by atoms with Crippen LogP contribution in [0.5, 0.6) is 0 Å². The first-order valence-corrected chi connectivity index (χ1v) is 7.62. The van der Waals surface area contributed by atoms with Gasteiger partial charge >= 0.3 is 0 Å². The highest BCUT2D eigenvalue weighted by atomic mass is 32.1. The van der Waals surface area contributed by atoms with Crippen LogP contribution in [0.2, 0.25) is 0 Å². The van der Waals surface area contributed by atoms with Crippen molar-refractivity contribution < 1.29 is 4.79 Å². The third-order valence-corrected chi connectivity index (χ3v) is 4.64. The summed E-state index contributed by atoms with van der Waals surface area (Å²) >= 11 is 1.75. The van der Waals surface area contributed by atoms with Crippen molar-refractivity contribution in [2.45, 2.75) is 58.5 Å². The number of carbonyl (C=O) groups excluding carboxylic acids is 1. The molecule has 1 aliphatic heterocycles. The summed E-state index contributed by atoms with van der Waals surface area (Å²) in [6, 6.07) is 0.437. The second kappa shape index (κ2) is 5.93. The number of hydrogen-bond donors (Lipinski definition) is 0. The van der Waals surface area contributed by atoms with E-state index in [0.717, 1.165) is 19.5 Å². The molecule has 1 unspecified atom stereocenters. The summed E-state index contributed by atoms with van der Waals surface area (Å²) in [6.45, 7) is 8.05. The van der Waals surface area contributed by atoms with E-state index in [2.05, 4.69) is 29.1 Å². The maximum absolute atomic E-state index is 11.3. The molecule has 100 valence electrons. The van der Waals surface area contributed by atoms with E-state index in [0.29, 0.717) is 24.2 Å². The first kappa shape index (κ1) is 13.7. The van der Waals surface area contributed by atoms with Crippen LogP contribution >= 0.6 is 11.3 Å². The molecule has 0 bridgehead atoms. The van der Waals surface area contributed by atoms with Crippen molar-refractivity contribution in [3.63, 3.8) is 0 Å². The molecule has 2 rings (SSSR count). The quantitative estimate of drug-likeness (QED) is 0.820. The monoisotopic (exact) mass is 266 g/mol. The Balaban J connectivity index is 1.96. The van der Waals surface area contributed by atoms with E-state index in [1.807, 2.05) is 0 Å². The van der Waals surface area contributed by atoms with Gasteiger partial charge in [-0.15, -0.1) is 11.3 Å². The van der Waals surface area contributed by atoms with Gasteiger partial charge < -0.3 is 0 Å². The van der Waals surface area contributed by atoms with Crippen LogP contribution in [0.25, 0.3) is 0 Å². The molecular formula is C14H22N2OS. The van der Waals surface area contributed by atoms with Crippen LogP contribution < -0.4 is 0 Å². The topological polar surface area (TPSA) is 33.2 Å². The first-order valence-electron chi connectivity index (χ1n) is 6.74. The molecule has 0 spiro atoms. The second-order valence-electron chi connectivity index (χ2n) is 5.50.